The molecule has 6 nitrogen and oxygen atoms in total. The Morgan fingerprint density at radius 3 is 2.86 bits per heavy atom. The van der Waals surface area contributed by atoms with Gasteiger partial charge in [-0.25, -0.2) is 8.42 Å². The average Bonchev–Trinajstić information content (AvgIpc) is 2.36. The highest BCUT2D eigenvalue weighted by molar-refractivity contribution is 7.91. The van der Waals surface area contributed by atoms with Gasteiger partial charge in [0.05, 0.1) is 29.4 Å². The van der Waals surface area contributed by atoms with Crippen molar-refractivity contribution in [1.29, 1.82) is 0 Å². The van der Waals surface area contributed by atoms with Gasteiger partial charge in [-0.05, 0) is 25.1 Å². The van der Waals surface area contributed by atoms with E-state index in [9.17, 15) is 13.2 Å². The highest BCUT2D eigenvalue weighted by Crippen LogP contribution is 2.22. The van der Waals surface area contributed by atoms with Crippen molar-refractivity contribution in [3.8, 4) is 0 Å². The molecule has 0 bridgehead atoms. The molecule has 0 spiro atoms. The van der Waals surface area contributed by atoms with E-state index in [2.05, 4.69) is 5.32 Å². The summed E-state index contributed by atoms with van der Waals surface area (Å²) in [6.07, 6.45) is 0. The van der Waals surface area contributed by atoms with Gasteiger partial charge >= 0.3 is 0 Å². The molecule has 1 aromatic carbocycles. The fourth-order valence-corrected chi connectivity index (χ4v) is 4.10. The molecule has 21 heavy (non-hydrogen) atoms. The van der Waals surface area contributed by atoms with E-state index in [1.54, 1.807) is 25.1 Å². The maximum absolute atomic E-state index is 12.0. The predicted octanol–water partition coefficient (Wildman–Crippen LogP) is 0.980. The quantitative estimate of drug-likeness (QED) is 0.805. The Hall–Kier alpha value is -1.31. The molecule has 2 rings (SSSR count). The molecule has 1 amide bonds. The summed E-state index contributed by atoms with van der Waals surface area (Å²) in [7, 11) is -2.98. The van der Waals surface area contributed by atoms with Gasteiger partial charge in [0.15, 0.2) is 9.84 Å². The molecule has 1 aliphatic rings. The second-order valence-corrected chi connectivity index (χ2v) is 7.88. The van der Waals surface area contributed by atoms with E-state index in [-0.39, 0.29) is 30.0 Å². The Balaban J connectivity index is 1.96. The minimum absolute atomic E-state index is 0.0867. The number of benzene rings is 1. The lowest BCUT2D eigenvalue weighted by molar-refractivity contribution is -0.117. The first kappa shape index (κ1) is 16.1. The van der Waals surface area contributed by atoms with Crippen LogP contribution in [-0.2, 0) is 14.6 Å². The van der Waals surface area contributed by atoms with Crippen LogP contribution in [0.2, 0.25) is 5.02 Å². The van der Waals surface area contributed by atoms with Gasteiger partial charge in [0.2, 0.25) is 5.91 Å². The third-order valence-corrected chi connectivity index (χ3v) is 5.47. The molecule has 0 radical (unpaired) electrons. The highest BCUT2D eigenvalue weighted by Gasteiger charge is 2.29. The van der Waals surface area contributed by atoms with Crippen LogP contribution < -0.4 is 11.1 Å². The molecule has 3 N–H and O–H groups in total. The molecule has 8 heteroatoms. The molecule has 1 unspecified atom stereocenters. The van der Waals surface area contributed by atoms with Crippen LogP contribution in [0.3, 0.4) is 0 Å². The smallest absolute Gasteiger partial charge is 0.238 e. The normalized spacial score (nSPS) is 21.9. The van der Waals surface area contributed by atoms with E-state index in [4.69, 9.17) is 17.3 Å². The molecule has 1 heterocycles. The fourth-order valence-electron chi connectivity index (χ4n) is 2.29. The third kappa shape index (κ3) is 4.33. The summed E-state index contributed by atoms with van der Waals surface area (Å²) in [4.78, 5) is 13.9. The summed E-state index contributed by atoms with van der Waals surface area (Å²) in [6, 6.07) is 4.67. The number of nitrogen functional groups attached to an aromatic ring is 1. The topological polar surface area (TPSA) is 92.5 Å². The number of nitrogens with two attached hydrogens (primary N) is 1. The number of anilines is 2. The van der Waals surface area contributed by atoms with E-state index in [1.165, 1.54) is 0 Å². The van der Waals surface area contributed by atoms with Crippen LogP contribution in [0.25, 0.3) is 0 Å². The van der Waals surface area contributed by atoms with Crippen molar-refractivity contribution in [3.05, 3.63) is 23.2 Å². The zero-order chi connectivity index (χ0) is 15.6. The average molecular weight is 332 g/mol. The van der Waals surface area contributed by atoms with Gasteiger partial charge in [-0.3, -0.25) is 9.69 Å². The number of hydrogen-bond donors (Lipinski definition) is 2. The Kier molecular flexibility index (Phi) is 4.75. The monoisotopic (exact) mass is 331 g/mol. The molecule has 0 aliphatic carbocycles. The van der Waals surface area contributed by atoms with Crippen molar-refractivity contribution in [1.82, 2.24) is 4.90 Å². The third-order valence-electron chi connectivity index (χ3n) is 3.44. The Morgan fingerprint density at radius 2 is 2.24 bits per heavy atom. The molecule has 1 aromatic rings. The van der Waals surface area contributed by atoms with Crippen molar-refractivity contribution in [2.75, 3.05) is 35.6 Å². The second-order valence-electron chi connectivity index (χ2n) is 5.21. The summed E-state index contributed by atoms with van der Waals surface area (Å²) in [5.74, 6) is -0.0490. The van der Waals surface area contributed by atoms with E-state index >= 15 is 0 Å². The van der Waals surface area contributed by atoms with Crippen LogP contribution in [0.1, 0.15) is 6.92 Å². The molecular weight excluding hydrogens is 314 g/mol. The molecule has 1 saturated heterocycles. The van der Waals surface area contributed by atoms with Crippen molar-refractivity contribution < 1.29 is 13.2 Å². The Bertz CT molecular complexity index is 648. The molecule has 1 fully saturated rings. The molecule has 116 valence electrons. The first-order valence-corrected chi connectivity index (χ1v) is 8.76. The molecule has 1 atom stereocenters. The fraction of sp³-hybridized carbons (Fsp3) is 0.462. The lowest BCUT2D eigenvalue weighted by Gasteiger charge is -2.32. The van der Waals surface area contributed by atoms with Crippen molar-refractivity contribution in [3.63, 3.8) is 0 Å². The minimum Gasteiger partial charge on any atom is -0.397 e. The van der Waals surface area contributed by atoms with Gasteiger partial charge in [0.1, 0.15) is 0 Å². The summed E-state index contributed by atoms with van der Waals surface area (Å²) in [5.41, 5.74) is 6.67. The van der Waals surface area contributed by atoms with Gasteiger partial charge < -0.3 is 11.1 Å². The van der Waals surface area contributed by atoms with Crippen LogP contribution in [0, 0.1) is 0 Å². The number of halogens is 1. The van der Waals surface area contributed by atoms with E-state index in [0.717, 1.165) is 0 Å². The minimum atomic E-state index is -2.98. The van der Waals surface area contributed by atoms with E-state index in [1.807, 2.05) is 4.90 Å². The SMILES string of the molecule is CC1CS(=O)(=O)CCN1CC(=O)Nc1ccc(Cl)cc1N. The van der Waals surface area contributed by atoms with Gasteiger partial charge in [-0.15, -0.1) is 0 Å². The number of rotatable bonds is 3. The lowest BCUT2D eigenvalue weighted by Crippen LogP contribution is -2.49. The summed E-state index contributed by atoms with van der Waals surface area (Å²) >= 11 is 5.80. The lowest BCUT2D eigenvalue weighted by atomic mass is 10.2. The first-order valence-electron chi connectivity index (χ1n) is 6.56. The second kappa shape index (κ2) is 6.21. The highest BCUT2D eigenvalue weighted by atomic mass is 35.5. The number of carbonyl (C=O) groups excluding carboxylic acids is 1. The number of hydrogen-bond acceptors (Lipinski definition) is 5. The number of carbonyl (C=O) groups is 1. The summed E-state index contributed by atoms with van der Waals surface area (Å²) in [6.45, 7) is 2.31. The molecular formula is C13H18ClN3O3S. The molecule has 1 aliphatic heterocycles. The predicted molar refractivity (Wildman–Crippen MR) is 84.2 cm³/mol. The zero-order valence-corrected chi connectivity index (χ0v) is 13.2. The molecule has 0 saturated carbocycles. The number of amides is 1. The van der Waals surface area contributed by atoms with Crippen LogP contribution in [0.5, 0.6) is 0 Å². The van der Waals surface area contributed by atoms with Crippen LogP contribution in [0.15, 0.2) is 18.2 Å². The standard InChI is InChI=1S/C13H18ClN3O3S/c1-9-8-21(19,20)5-4-17(9)7-13(18)16-12-3-2-10(14)6-11(12)15/h2-3,6,9H,4-5,7-8,15H2,1H3,(H,16,18). The van der Waals surface area contributed by atoms with Crippen molar-refractivity contribution in [2.24, 2.45) is 0 Å². The molecule has 0 aromatic heterocycles. The van der Waals surface area contributed by atoms with Gasteiger partial charge in [0.25, 0.3) is 0 Å². The number of nitrogens with zero attached hydrogens (tertiary/aromatic N) is 1. The van der Waals surface area contributed by atoms with Gasteiger partial charge in [0, 0.05) is 17.6 Å². The first-order chi connectivity index (χ1) is 9.77. The maximum Gasteiger partial charge on any atom is 0.238 e. The summed E-state index contributed by atoms with van der Waals surface area (Å²) in [5, 5.41) is 3.21. The number of sulfone groups is 1. The van der Waals surface area contributed by atoms with E-state index < -0.39 is 9.84 Å². The van der Waals surface area contributed by atoms with E-state index in [0.29, 0.717) is 22.9 Å². The number of nitrogens with one attached hydrogen (secondary N) is 1. The van der Waals surface area contributed by atoms with Crippen LogP contribution in [-0.4, -0.2) is 49.9 Å². The Morgan fingerprint density at radius 1 is 1.52 bits per heavy atom. The van der Waals surface area contributed by atoms with Crippen LogP contribution in [0.4, 0.5) is 11.4 Å². The van der Waals surface area contributed by atoms with Crippen molar-refractivity contribution in [2.45, 2.75) is 13.0 Å². The van der Waals surface area contributed by atoms with Crippen molar-refractivity contribution >= 4 is 38.7 Å². The van der Waals surface area contributed by atoms with Gasteiger partial charge in [-0.1, -0.05) is 11.6 Å². The largest absolute Gasteiger partial charge is 0.397 e. The Labute approximate surface area is 129 Å². The van der Waals surface area contributed by atoms with Crippen LogP contribution >= 0.6 is 11.6 Å². The summed E-state index contributed by atoms with van der Waals surface area (Å²) < 4.78 is 23.0. The zero-order valence-electron chi connectivity index (χ0n) is 11.7. The maximum atomic E-state index is 12.0. The van der Waals surface area contributed by atoms with Gasteiger partial charge in [-0.2, -0.15) is 0 Å².